The van der Waals surface area contributed by atoms with E-state index in [2.05, 4.69) is 15.0 Å². The van der Waals surface area contributed by atoms with Crippen LogP contribution in [-0.4, -0.2) is 15.0 Å². The summed E-state index contributed by atoms with van der Waals surface area (Å²) in [5.41, 5.74) is 4.23. The molecule has 19 heavy (non-hydrogen) atoms. The second kappa shape index (κ2) is 4.59. The molecular weight excluding hydrogens is 258 g/mol. The second-order valence-corrected chi connectivity index (χ2v) is 4.77. The van der Waals surface area contributed by atoms with Gasteiger partial charge in [0.05, 0.1) is 16.9 Å². The van der Waals surface area contributed by atoms with E-state index in [1.165, 1.54) is 0 Å². The van der Waals surface area contributed by atoms with Crippen molar-refractivity contribution in [1.82, 2.24) is 15.0 Å². The summed E-state index contributed by atoms with van der Waals surface area (Å²) < 4.78 is 0. The van der Waals surface area contributed by atoms with Crippen LogP contribution in [-0.2, 0) is 0 Å². The molecule has 3 rings (SSSR count). The van der Waals surface area contributed by atoms with E-state index in [1.54, 1.807) is 6.20 Å². The van der Waals surface area contributed by atoms with Gasteiger partial charge in [-0.15, -0.1) is 0 Å². The first-order chi connectivity index (χ1) is 9.16. The van der Waals surface area contributed by atoms with Gasteiger partial charge >= 0.3 is 0 Å². The fourth-order valence-corrected chi connectivity index (χ4v) is 2.31. The monoisotopic (exact) mass is 269 g/mol. The average Bonchev–Trinajstić information content (AvgIpc) is 2.42. The number of pyridine rings is 1. The van der Waals surface area contributed by atoms with Crippen molar-refractivity contribution in [1.29, 1.82) is 0 Å². The van der Waals surface area contributed by atoms with Crippen LogP contribution in [0.1, 0.15) is 11.4 Å². The quantitative estimate of drug-likeness (QED) is 0.671. The molecule has 0 aliphatic carbocycles. The fraction of sp³-hybridized carbons (Fsp3) is 0.133. The topological polar surface area (TPSA) is 38.7 Å². The number of nitrogens with zero attached hydrogens (tertiary/aromatic N) is 3. The second-order valence-electron chi connectivity index (χ2n) is 4.41. The fourth-order valence-electron chi connectivity index (χ4n) is 2.04. The maximum atomic E-state index is 6.24. The van der Waals surface area contributed by atoms with Crippen LogP contribution in [0.25, 0.3) is 22.2 Å². The van der Waals surface area contributed by atoms with E-state index in [0.29, 0.717) is 10.8 Å². The Bertz CT molecular complexity index is 763. The minimum Gasteiger partial charge on any atom is -0.256 e. The largest absolute Gasteiger partial charge is 0.256 e. The van der Waals surface area contributed by atoms with Crippen molar-refractivity contribution in [2.45, 2.75) is 13.8 Å². The van der Waals surface area contributed by atoms with E-state index >= 15 is 0 Å². The van der Waals surface area contributed by atoms with Gasteiger partial charge in [-0.1, -0.05) is 35.9 Å². The number of aryl methyl sites for hydroxylation is 2. The molecule has 0 bridgehead atoms. The maximum absolute atomic E-state index is 6.24. The highest BCUT2D eigenvalue weighted by Crippen LogP contribution is 2.30. The first-order valence-electron chi connectivity index (χ1n) is 6.01. The maximum Gasteiger partial charge on any atom is 0.155 e. The zero-order valence-electron chi connectivity index (χ0n) is 10.7. The van der Waals surface area contributed by atoms with Crippen molar-refractivity contribution in [3.63, 3.8) is 0 Å². The van der Waals surface area contributed by atoms with Gasteiger partial charge in [0.15, 0.2) is 5.15 Å². The minimum absolute atomic E-state index is 0.418. The highest BCUT2D eigenvalue weighted by Gasteiger charge is 2.12. The lowest BCUT2D eigenvalue weighted by Gasteiger charge is -2.08. The Morgan fingerprint density at radius 3 is 2.53 bits per heavy atom. The predicted molar refractivity (Wildman–Crippen MR) is 77.3 cm³/mol. The summed E-state index contributed by atoms with van der Waals surface area (Å²) in [4.78, 5) is 13.3. The van der Waals surface area contributed by atoms with Crippen molar-refractivity contribution < 1.29 is 0 Å². The third-order valence-electron chi connectivity index (χ3n) is 3.15. The SMILES string of the molecule is Cc1nc(Cl)c(-c2cccc3cccnc23)nc1C. The third-order valence-corrected chi connectivity index (χ3v) is 3.42. The Kier molecular flexibility index (Phi) is 2.91. The van der Waals surface area contributed by atoms with Crippen molar-refractivity contribution in [2.24, 2.45) is 0 Å². The van der Waals surface area contributed by atoms with Gasteiger partial charge in [0.2, 0.25) is 0 Å². The van der Waals surface area contributed by atoms with Gasteiger partial charge in [-0.2, -0.15) is 0 Å². The Labute approximate surface area is 116 Å². The molecular formula is C15H12ClN3. The Morgan fingerprint density at radius 2 is 1.68 bits per heavy atom. The van der Waals surface area contributed by atoms with Crippen LogP contribution in [0.5, 0.6) is 0 Å². The molecule has 0 radical (unpaired) electrons. The molecule has 1 aromatic carbocycles. The number of benzene rings is 1. The molecule has 4 heteroatoms. The van der Waals surface area contributed by atoms with E-state index in [1.807, 2.05) is 44.2 Å². The van der Waals surface area contributed by atoms with Crippen LogP contribution in [0.3, 0.4) is 0 Å². The number of halogens is 1. The van der Waals surface area contributed by atoms with Gasteiger partial charge in [0, 0.05) is 17.1 Å². The van der Waals surface area contributed by atoms with Crippen LogP contribution in [0.2, 0.25) is 5.15 Å². The van der Waals surface area contributed by atoms with E-state index in [-0.39, 0.29) is 0 Å². The normalized spacial score (nSPS) is 10.9. The zero-order chi connectivity index (χ0) is 13.4. The molecule has 3 aromatic rings. The molecule has 0 fully saturated rings. The smallest absolute Gasteiger partial charge is 0.155 e. The van der Waals surface area contributed by atoms with Gasteiger partial charge in [-0.25, -0.2) is 9.97 Å². The molecule has 3 nitrogen and oxygen atoms in total. The lowest BCUT2D eigenvalue weighted by atomic mass is 10.1. The lowest BCUT2D eigenvalue weighted by Crippen LogP contribution is -1.97. The average molecular weight is 270 g/mol. The Balaban J connectivity index is 2.33. The number of aromatic nitrogens is 3. The molecule has 0 saturated carbocycles. The van der Waals surface area contributed by atoms with Crippen LogP contribution in [0, 0.1) is 13.8 Å². The van der Waals surface area contributed by atoms with Crippen molar-refractivity contribution in [3.05, 3.63) is 53.1 Å². The molecule has 0 amide bonds. The predicted octanol–water partition coefficient (Wildman–Crippen LogP) is 3.96. The molecule has 0 unspecified atom stereocenters. The summed E-state index contributed by atoms with van der Waals surface area (Å²) in [6.45, 7) is 3.83. The summed E-state index contributed by atoms with van der Waals surface area (Å²) >= 11 is 6.24. The van der Waals surface area contributed by atoms with Crippen molar-refractivity contribution >= 4 is 22.5 Å². The van der Waals surface area contributed by atoms with E-state index in [0.717, 1.165) is 27.9 Å². The minimum atomic E-state index is 0.418. The number of para-hydroxylation sites is 1. The highest BCUT2D eigenvalue weighted by atomic mass is 35.5. The summed E-state index contributed by atoms with van der Waals surface area (Å²) in [5.74, 6) is 0. The number of rotatable bonds is 1. The van der Waals surface area contributed by atoms with Crippen LogP contribution in [0.15, 0.2) is 36.5 Å². The molecule has 0 aliphatic rings. The lowest BCUT2D eigenvalue weighted by molar-refractivity contribution is 1.05. The first-order valence-corrected chi connectivity index (χ1v) is 6.39. The zero-order valence-corrected chi connectivity index (χ0v) is 11.4. The van der Waals surface area contributed by atoms with Crippen LogP contribution < -0.4 is 0 Å². The highest BCUT2D eigenvalue weighted by molar-refractivity contribution is 6.32. The van der Waals surface area contributed by atoms with Crippen LogP contribution >= 0.6 is 11.6 Å². The van der Waals surface area contributed by atoms with Gasteiger partial charge in [-0.3, -0.25) is 4.98 Å². The van der Waals surface area contributed by atoms with E-state index in [9.17, 15) is 0 Å². The van der Waals surface area contributed by atoms with E-state index in [4.69, 9.17) is 11.6 Å². The standard InChI is InChI=1S/C15H12ClN3/c1-9-10(2)19-15(16)14(18-9)12-7-3-5-11-6-4-8-17-13(11)12/h3-8H,1-2H3. The molecule has 0 aliphatic heterocycles. The van der Waals surface area contributed by atoms with E-state index < -0.39 is 0 Å². The Hall–Kier alpha value is -2.00. The van der Waals surface area contributed by atoms with Gasteiger partial charge in [0.25, 0.3) is 0 Å². The number of fused-ring (bicyclic) bond motifs is 1. The van der Waals surface area contributed by atoms with Crippen molar-refractivity contribution in [3.8, 4) is 11.3 Å². The Morgan fingerprint density at radius 1 is 0.947 bits per heavy atom. The molecule has 0 N–H and O–H groups in total. The molecule has 94 valence electrons. The summed E-state index contributed by atoms with van der Waals surface area (Å²) in [6, 6.07) is 9.91. The molecule has 0 atom stereocenters. The van der Waals surface area contributed by atoms with Crippen LogP contribution in [0.4, 0.5) is 0 Å². The van der Waals surface area contributed by atoms with Gasteiger partial charge in [-0.05, 0) is 19.9 Å². The van der Waals surface area contributed by atoms with Crippen molar-refractivity contribution in [2.75, 3.05) is 0 Å². The third kappa shape index (κ3) is 2.06. The number of hydrogen-bond donors (Lipinski definition) is 0. The van der Waals surface area contributed by atoms with Gasteiger partial charge in [0.1, 0.15) is 5.69 Å². The molecule has 0 spiro atoms. The summed E-state index contributed by atoms with van der Waals surface area (Å²) in [7, 11) is 0. The molecule has 0 saturated heterocycles. The summed E-state index contributed by atoms with van der Waals surface area (Å²) in [6.07, 6.45) is 1.77. The molecule has 2 heterocycles. The van der Waals surface area contributed by atoms with Gasteiger partial charge < -0.3 is 0 Å². The first kappa shape index (κ1) is 12.1. The molecule has 2 aromatic heterocycles. The summed E-state index contributed by atoms with van der Waals surface area (Å²) in [5, 5.41) is 1.48. The number of hydrogen-bond acceptors (Lipinski definition) is 3.